The van der Waals surface area contributed by atoms with E-state index in [1.54, 1.807) is 7.11 Å². The van der Waals surface area contributed by atoms with Crippen LogP contribution in [0.5, 0.6) is 5.75 Å². The molecule has 0 saturated carbocycles. The van der Waals surface area contributed by atoms with E-state index in [1.807, 2.05) is 13.1 Å². The number of hydrogen-bond acceptors (Lipinski definition) is 5. The van der Waals surface area contributed by atoms with Crippen molar-refractivity contribution in [1.82, 2.24) is 14.8 Å². The molecule has 0 N–H and O–H groups in total. The first kappa shape index (κ1) is 15.6. The van der Waals surface area contributed by atoms with Gasteiger partial charge in [-0.1, -0.05) is 0 Å². The molecule has 1 aromatic heterocycles. The zero-order chi connectivity index (χ0) is 15.5. The smallest absolute Gasteiger partial charge is 0.132 e. The van der Waals surface area contributed by atoms with Crippen molar-refractivity contribution in [2.75, 3.05) is 58.3 Å². The average Bonchev–Trinajstić information content (AvgIpc) is 2.56. The van der Waals surface area contributed by atoms with Gasteiger partial charge in [-0.2, -0.15) is 0 Å². The van der Waals surface area contributed by atoms with Gasteiger partial charge in [0.2, 0.25) is 0 Å². The molecule has 2 aliphatic heterocycles. The van der Waals surface area contributed by atoms with Gasteiger partial charge in [0.25, 0.3) is 0 Å². The van der Waals surface area contributed by atoms with Crippen LogP contribution in [0.25, 0.3) is 0 Å². The molecule has 0 spiro atoms. The SMILES string of the molecule is COc1cc(N2CCC(N3CCN(C)CC3)CC2)ncc1C. The molecule has 0 radical (unpaired) electrons. The molecule has 122 valence electrons. The first-order valence-corrected chi connectivity index (χ1v) is 8.35. The maximum Gasteiger partial charge on any atom is 0.132 e. The van der Waals surface area contributed by atoms with Crippen LogP contribution in [-0.2, 0) is 0 Å². The highest BCUT2D eigenvalue weighted by atomic mass is 16.5. The van der Waals surface area contributed by atoms with E-state index in [2.05, 4.69) is 32.8 Å². The van der Waals surface area contributed by atoms with Gasteiger partial charge in [0.15, 0.2) is 0 Å². The molecule has 2 aliphatic rings. The number of likely N-dealkylation sites (N-methyl/N-ethyl adjacent to an activating group) is 1. The van der Waals surface area contributed by atoms with E-state index >= 15 is 0 Å². The second kappa shape index (κ2) is 6.84. The van der Waals surface area contributed by atoms with Crippen molar-refractivity contribution < 1.29 is 4.74 Å². The van der Waals surface area contributed by atoms with Crippen LogP contribution >= 0.6 is 0 Å². The molecule has 5 nitrogen and oxygen atoms in total. The van der Waals surface area contributed by atoms with Gasteiger partial charge in [0.1, 0.15) is 11.6 Å². The maximum atomic E-state index is 5.42. The van der Waals surface area contributed by atoms with E-state index in [4.69, 9.17) is 4.74 Å². The summed E-state index contributed by atoms with van der Waals surface area (Å²) in [4.78, 5) is 12.1. The summed E-state index contributed by atoms with van der Waals surface area (Å²) in [6, 6.07) is 2.82. The number of hydrogen-bond donors (Lipinski definition) is 0. The number of rotatable bonds is 3. The van der Waals surface area contributed by atoms with E-state index in [0.29, 0.717) is 0 Å². The summed E-state index contributed by atoms with van der Waals surface area (Å²) >= 11 is 0. The lowest BCUT2D eigenvalue weighted by Crippen LogP contribution is -2.52. The minimum atomic E-state index is 0.747. The van der Waals surface area contributed by atoms with Crippen LogP contribution in [0.1, 0.15) is 18.4 Å². The van der Waals surface area contributed by atoms with Gasteiger partial charge in [-0.25, -0.2) is 4.98 Å². The summed E-state index contributed by atoms with van der Waals surface area (Å²) in [5.41, 5.74) is 1.10. The fraction of sp³-hybridized carbons (Fsp3) is 0.706. The zero-order valence-corrected chi connectivity index (χ0v) is 14.1. The third-order valence-electron chi connectivity index (χ3n) is 5.10. The lowest BCUT2D eigenvalue weighted by Gasteiger charge is -2.42. The molecular formula is C17H28N4O. The standard InChI is InChI=1S/C17H28N4O/c1-14-13-18-17(12-16(14)22-3)21-6-4-15(5-7-21)20-10-8-19(2)9-11-20/h12-13,15H,4-11H2,1-3H3. The normalized spacial score (nSPS) is 22.0. The molecular weight excluding hydrogens is 276 g/mol. The lowest BCUT2D eigenvalue weighted by atomic mass is 10.0. The predicted octanol–water partition coefficient (Wildman–Crippen LogP) is 1.61. The van der Waals surface area contributed by atoms with E-state index in [9.17, 15) is 0 Å². The van der Waals surface area contributed by atoms with Gasteiger partial charge >= 0.3 is 0 Å². The van der Waals surface area contributed by atoms with Gasteiger partial charge < -0.3 is 14.5 Å². The number of piperidine rings is 1. The number of aromatic nitrogens is 1. The number of aryl methyl sites for hydroxylation is 1. The molecule has 3 rings (SSSR count). The van der Waals surface area contributed by atoms with Gasteiger partial charge in [-0.3, -0.25) is 4.90 Å². The Kier molecular flexibility index (Phi) is 4.84. The topological polar surface area (TPSA) is 31.8 Å². The molecule has 0 amide bonds. The highest BCUT2D eigenvalue weighted by molar-refractivity contribution is 5.47. The maximum absolute atomic E-state index is 5.42. The highest BCUT2D eigenvalue weighted by Gasteiger charge is 2.27. The molecule has 0 aliphatic carbocycles. The molecule has 2 fully saturated rings. The van der Waals surface area contributed by atoms with Crippen molar-refractivity contribution in [1.29, 1.82) is 0 Å². The number of anilines is 1. The molecule has 0 aromatic carbocycles. The number of ether oxygens (including phenoxy) is 1. The summed E-state index contributed by atoms with van der Waals surface area (Å²) in [5, 5.41) is 0. The minimum absolute atomic E-state index is 0.747. The van der Waals surface area contributed by atoms with E-state index in [0.717, 1.165) is 36.3 Å². The van der Waals surface area contributed by atoms with Crippen molar-refractivity contribution >= 4 is 5.82 Å². The van der Waals surface area contributed by atoms with Gasteiger partial charge in [0.05, 0.1) is 7.11 Å². The fourth-order valence-electron chi connectivity index (χ4n) is 3.53. The Bertz CT molecular complexity index is 491. The summed E-state index contributed by atoms with van der Waals surface area (Å²) < 4.78 is 5.42. The Morgan fingerprint density at radius 3 is 2.41 bits per heavy atom. The first-order valence-electron chi connectivity index (χ1n) is 8.35. The summed E-state index contributed by atoms with van der Waals surface area (Å²) in [6.45, 7) is 9.07. The molecule has 0 unspecified atom stereocenters. The van der Waals surface area contributed by atoms with Crippen LogP contribution in [-0.4, -0.2) is 74.3 Å². The monoisotopic (exact) mass is 304 g/mol. The summed E-state index contributed by atoms with van der Waals surface area (Å²) in [7, 11) is 3.95. The Labute approximate surface area is 133 Å². The Hall–Kier alpha value is -1.33. The second-order valence-electron chi connectivity index (χ2n) is 6.57. The van der Waals surface area contributed by atoms with Crippen LogP contribution in [0.2, 0.25) is 0 Å². The Morgan fingerprint density at radius 2 is 1.77 bits per heavy atom. The van der Waals surface area contributed by atoms with Crippen molar-refractivity contribution in [3.8, 4) is 5.75 Å². The van der Waals surface area contributed by atoms with E-state index in [1.165, 1.54) is 39.0 Å². The highest BCUT2D eigenvalue weighted by Crippen LogP contribution is 2.26. The zero-order valence-electron chi connectivity index (χ0n) is 14.1. The number of methoxy groups -OCH3 is 1. The lowest BCUT2D eigenvalue weighted by molar-refractivity contribution is 0.0981. The Balaban J connectivity index is 1.57. The molecule has 3 heterocycles. The second-order valence-corrected chi connectivity index (χ2v) is 6.57. The third-order valence-corrected chi connectivity index (χ3v) is 5.10. The van der Waals surface area contributed by atoms with Gasteiger partial charge in [-0.15, -0.1) is 0 Å². The number of nitrogens with zero attached hydrogens (tertiary/aromatic N) is 4. The van der Waals surface area contributed by atoms with Crippen LogP contribution in [0.15, 0.2) is 12.3 Å². The predicted molar refractivity (Wildman–Crippen MR) is 89.8 cm³/mol. The molecule has 1 aromatic rings. The molecule has 22 heavy (non-hydrogen) atoms. The molecule has 0 atom stereocenters. The minimum Gasteiger partial charge on any atom is -0.496 e. The van der Waals surface area contributed by atoms with Crippen molar-refractivity contribution in [3.63, 3.8) is 0 Å². The summed E-state index contributed by atoms with van der Waals surface area (Å²) in [6.07, 6.45) is 4.39. The summed E-state index contributed by atoms with van der Waals surface area (Å²) in [5.74, 6) is 1.99. The van der Waals surface area contributed by atoms with Crippen LogP contribution in [0, 0.1) is 6.92 Å². The number of pyridine rings is 1. The molecule has 0 bridgehead atoms. The Morgan fingerprint density at radius 1 is 1.09 bits per heavy atom. The first-order chi connectivity index (χ1) is 10.7. The quantitative estimate of drug-likeness (QED) is 0.847. The molecule has 2 saturated heterocycles. The van der Waals surface area contributed by atoms with Crippen molar-refractivity contribution in [2.24, 2.45) is 0 Å². The number of piperazine rings is 1. The van der Waals surface area contributed by atoms with Crippen LogP contribution in [0.3, 0.4) is 0 Å². The average molecular weight is 304 g/mol. The fourth-order valence-corrected chi connectivity index (χ4v) is 3.53. The van der Waals surface area contributed by atoms with Crippen LogP contribution < -0.4 is 9.64 Å². The van der Waals surface area contributed by atoms with Gasteiger partial charge in [0, 0.05) is 63.1 Å². The van der Waals surface area contributed by atoms with Gasteiger partial charge in [-0.05, 0) is 26.8 Å². The van der Waals surface area contributed by atoms with Crippen LogP contribution in [0.4, 0.5) is 5.82 Å². The van der Waals surface area contributed by atoms with E-state index in [-0.39, 0.29) is 0 Å². The van der Waals surface area contributed by atoms with E-state index < -0.39 is 0 Å². The third kappa shape index (κ3) is 3.36. The van der Waals surface area contributed by atoms with Crippen molar-refractivity contribution in [3.05, 3.63) is 17.8 Å². The molecule has 5 heteroatoms. The largest absolute Gasteiger partial charge is 0.496 e. The van der Waals surface area contributed by atoms with Crippen molar-refractivity contribution in [2.45, 2.75) is 25.8 Å².